The first-order valence-electron chi connectivity index (χ1n) is 4.96. The largest absolute Gasteiger partial charge is 0.309 e. The Morgan fingerprint density at radius 1 is 1.14 bits per heavy atom. The van der Waals surface area contributed by atoms with E-state index in [2.05, 4.69) is 50.2 Å². The smallest absolute Gasteiger partial charge is 0.0185 e. The lowest BCUT2D eigenvalue weighted by atomic mass is 10.2. The van der Waals surface area contributed by atoms with Crippen LogP contribution in [0, 0.1) is 6.92 Å². The minimum Gasteiger partial charge on any atom is -0.309 e. The Kier molecular flexibility index (Phi) is 5.05. The molecule has 0 aromatic heterocycles. The maximum Gasteiger partial charge on any atom is 0.0185 e. The summed E-state index contributed by atoms with van der Waals surface area (Å²) in [6.45, 7) is 3.29. The van der Waals surface area contributed by atoms with Crippen LogP contribution in [0.1, 0.15) is 11.1 Å². The molecule has 0 N–H and O–H groups in total. The zero-order valence-corrected chi connectivity index (χ0v) is 10.1. The summed E-state index contributed by atoms with van der Waals surface area (Å²) in [7, 11) is 4.23. The average molecular weight is 209 g/mol. The second-order valence-corrected chi connectivity index (χ2v) is 4.95. The van der Waals surface area contributed by atoms with Gasteiger partial charge < -0.3 is 4.90 Å². The molecule has 0 spiro atoms. The van der Waals surface area contributed by atoms with E-state index in [1.165, 1.54) is 16.9 Å². The van der Waals surface area contributed by atoms with E-state index in [0.717, 1.165) is 12.3 Å². The van der Waals surface area contributed by atoms with Crippen molar-refractivity contribution in [2.75, 3.05) is 26.4 Å². The predicted molar refractivity (Wildman–Crippen MR) is 65.9 cm³/mol. The monoisotopic (exact) mass is 209 g/mol. The number of rotatable bonds is 5. The fourth-order valence-corrected chi connectivity index (χ4v) is 2.19. The lowest BCUT2D eigenvalue weighted by molar-refractivity contribution is 0.437. The molecule has 78 valence electrons. The number of hydrogen-bond donors (Lipinski definition) is 0. The number of thioether (sulfide) groups is 1. The highest BCUT2D eigenvalue weighted by Gasteiger charge is 1.94. The Labute approximate surface area is 91.5 Å². The molecule has 14 heavy (non-hydrogen) atoms. The van der Waals surface area contributed by atoms with Gasteiger partial charge in [-0.05, 0) is 26.6 Å². The Morgan fingerprint density at radius 3 is 2.36 bits per heavy atom. The third-order valence-electron chi connectivity index (χ3n) is 2.07. The third kappa shape index (κ3) is 4.68. The summed E-state index contributed by atoms with van der Waals surface area (Å²) in [5, 5.41) is 0. The number of aryl methyl sites for hydroxylation is 1. The first kappa shape index (κ1) is 11.6. The summed E-state index contributed by atoms with van der Waals surface area (Å²) in [4.78, 5) is 2.22. The third-order valence-corrected chi connectivity index (χ3v) is 3.08. The summed E-state index contributed by atoms with van der Waals surface area (Å²) in [5.74, 6) is 2.34. The average Bonchev–Trinajstić information content (AvgIpc) is 2.15. The highest BCUT2D eigenvalue weighted by Crippen LogP contribution is 2.12. The normalized spacial score (nSPS) is 10.9. The molecular formula is C12H19NS. The van der Waals surface area contributed by atoms with Crippen molar-refractivity contribution in [3.63, 3.8) is 0 Å². The van der Waals surface area contributed by atoms with Crippen molar-refractivity contribution < 1.29 is 0 Å². The Morgan fingerprint density at radius 2 is 1.79 bits per heavy atom. The van der Waals surface area contributed by atoms with E-state index in [-0.39, 0.29) is 0 Å². The van der Waals surface area contributed by atoms with Crippen LogP contribution in [0.15, 0.2) is 24.3 Å². The van der Waals surface area contributed by atoms with Gasteiger partial charge >= 0.3 is 0 Å². The molecule has 0 unspecified atom stereocenters. The predicted octanol–water partition coefficient (Wildman–Crippen LogP) is 2.79. The Bertz CT molecular complexity index is 254. The van der Waals surface area contributed by atoms with Crippen molar-refractivity contribution >= 4 is 11.8 Å². The lowest BCUT2D eigenvalue weighted by Crippen LogP contribution is -2.14. The molecule has 2 heteroatoms. The molecule has 0 saturated heterocycles. The second kappa shape index (κ2) is 6.10. The molecule has 1 aromatic carbocycles. The highest BCUT2D eigenvalue weighted by molar-refractivity contribution is 7.98. The summed E-state index contributed by atoms with van der Waals surface area (Å²) in [6.07, 6.45) is 0. The van der Waals surface area contributed by atoms with Crippen LogP contribution in [0.5, 0.6) is 0 Å². The van der Waals surface area contributed by atoms with E-state index in [1.807, 2.05) is 11.8 Å². The molecule has 0 fully saturated rings. The number of benzene rings is 1. The molecule has 0 saturated carbocycles. The van der Waals surface area contributed by atoms with Crippen LogP contribution in [0.4, 0.5) is 0 Å². The van der Waals surface area contributed by atoms with Crippen molar-refractivity contribution in [2.24, 2.45) is 0 Å². The quantitative estimate of drug-likeness (QED) is 0.686. The molecule has 0 amide bonds. The van der Waals surface area contributed by atoms with Gasteiger partial charge in [-0.2, -0.15) is 11.8 Å². The summed E-state index contributed by atoms with van der Waals surface area (Å²) in [6, 6.07) is 8.81. The molecular weight excluding hydrogens is 190 g/mol. The van der Waals surface area contributed by atoms with Crippen LogP contribution in [0.3, 0.4) is 0 Å². The number of nitrogens with zero attached hydrogens (tertiary/aromatic N) is 1. The maximum absolute atomic E-state index is 2.22. The number of hydrogen-bond acceptors (Lipinski definition) is 2. The zero-order valence-electron chi connectivity index (χ0n) is 9.29. The van der Waals surface area contributed by atoms with Crippen LogP contribution in [-0.2, 0) is 5.75 Å². The molecule has 0 atom stereocenters. The molecule has 0 aliphatic heterocycles. The first-order chi connectivity index (χ1) is 6.68. The van der Waals surface area contributed by atoms with Crippen molar-refractivity contribution in [2.45, 2.75) is 12.7 Å². The fourth-order valence-electron chi connectivity index (χ4n) is 1.12. The Balaban J connectivity index is 2.21. The van der Waals surface area contributed by atoms with Gasteiger partial charge in [0, 0.05) is 18.1 Å². The van der Waals surface area contributed by atoms with Gasteiger partial charge in [-0.1, -0.05) is 29.8 Å². The van der Waals surface area contributed by atoms with Gasteiger partial charge in [-0.15, -0.1) is 0 Å². The van der Waals surface area contributed by atoms with Gasteiger partial charge in [-0.3, -0.25) is 0 Å². The molecule has 0 heterocycles. The van der Waals surface area contributed by atoms with Crippen LogP contribution in [0.2, 0.25) is 0 Å². The molecule has 1 nitrogen and oxygen atoms in total. The van der Waals surface area contributed by atoms with E-state index in [9.17, 15) is 0 Å². The fraction of sp³-hybridized carbons (Fsp3) is 0.500. The van der Waals surface area contributed by atoms with Gasteiger partial charge in [0.25, 0.3) is 0 Å². The van der Waals surface area contributed by atoms with Crippen molar-refractivity contribution in [3.8, 4) is 0 Å². The minimum atomic E-state index is 1.13. The Hall–Kier alpha value is -0.470. The maximum atomic E-state index is 2.22. The SMILES string of the molecule is Cc1ccc(CSCCN(C)C)cc1. The molecule has 0 aliphatic carbocycles. The van der Waals surface area contributed by atoms with Crippen molar-refractivity contribution in [3.05, 3.63) is 35.4 Å². The van der Waals surface area contributed by atoms with Crippen molar-refractivity contribution in [1.82, 2.24) is 4.90 Å². The van der Waals surface area contributed by atoms with Gasteiger partial charge in [-0.25, -0.2) is 0 Å². The van der Waals surface area contributed by atoms with Gasteiger partial charge in [0.15, 0.2) is 0 Å². The zero-order chi connectivity index (χ0) is 10.4. The molecule has 0 aliphatic rings. The summed E-state index contributed by atoms with van der Waals surface area (Å²) < 4.78 is 0. The van der Waals surface area contributed by atoms with Gasteiger partial charge in [0.05, 0.1) is 0 Å². The van der Waals surface area contributed by atoms with Crippen LogP contribution < -0.4 is 0 Å². The van der Waals surface area contributed by atoms with E-state index < -0.39 is 0 Å². The second-order valence-electron chi connectivity index (χ2n) is 3.84. The van der Waals surface area contributed by atoms with Crippen LogP contribution in [-0.4, -0.2) is 31.3 Å². The van der Waals surface area contributed by atoms with E-state index in [4.69, 9.17) is 0 Å². The van der Waals surface area contributed by atoms with Gasteiger partial charge in [0.1, 0.15) is 0 Å². The molecule has 0 radical (unpaired) electrons. The lowest BCUT2D eigenvalue weighted by Gasteiger charge is -2.08. The first-order valence-corrected chi connectivity index (χ1v) is 6.12. The van der Waals surface area contributed by atoms with Gasteiger partial charge in [0.2, 0.25) is 0 Å². The minimum absolute atomic E-state index is 1.13. The van der Waals surface area contributed by atoms with Crippen molar-refractivity contribution in [1.29, 1.82) is 0 Å². The van der Waals surface area contributed by atoms with Crippen LogP contribution in [0.25, 0.3) is 0 Å². The highest BCUT2D eigenvalue weighted by atomic mass is 32.2. The summed E-state index contributed by atoms with van der Waals surface area (Å²) >= 11 is 2.00. The molecule has 0 bridgehead atoms. The molecule has 1 aromatic rings. The standard InChI is InChI=1S/C12H19NS/c1-11-4-6-12(7-5-11)10-14-9-8-13(2)3/h4-7H,8-10H2,1-3H3. The van der Waals surface area contributed by atoms with E-state index in [1.54, 1.807) is 0 Å². The summed E-state index contributed by atoms with van der Waals surface area (Å²) in [5.41, 5.74) is 2.77. The van der Waals surface area contributed by atoms with E-state index >= 15 is 0 Å². The topological polar surface area (TPSA) is 3.24 Å². The van der Waals surface area contributed by atoms with E-state index in [0.29, 0.717) is 0 Å². The molecule has 1 rings (SSSR count). The van der Waals surface area contributed by atoms with Crippen LogP contribution >= 0.6 is 11.8 Å².